The molecule has 0 aliphatic rings. The van der Waals surface area contributed by atoms with Gasteiger partial charge in [0.05, 0.1) is 19.8 Å². The molecule has 0 saturated carbocycles. The Kier molecular flexibility index (Phi) is 7.09. The van der Waals surface area contributed by atoms with Gasteiger partial charge in [-0.15, -0.1) is 22.7 Å². The molecule has 22 heavy (non-hydrogen) atoms. The van der Waals surface area contributed by atoms with Crippen LogP contribution in [-0.2, 0) is 17.6 Å². The number of aryl methyl sites for hydroxylation is 1. The van der Waals surface area contributed by atoms with Gasteiger partial charge < -0.3 is 9.84 Å². The Bertz CT molecular complexity index is 559. The second-order valence-electron chi connectivity index (χ2n) is 5.77. The maximum absolute atomic E-state index is 9.18. The van der Waals surface area contributed by atoms with E-state index in [1.165, 1.54) is 19.5 Å². The number of hydrogen-bond donors (Lipinski definition) is 1. The van der Waals surface area contributed by atoms with Crippen LogP contribution in [0.25, 0.3) is 0 Å². The van der Waals surface area contributed by atoms with E-state index in [2.05, 4.69) is 45.0 Å². The zero-order valence-corrected chi connectivity index (χ0v) is 15.3. The largest absolute Gasteiger partial charge is 0.396 e. The predicted molar refractivity (Wildman–Crippen MR) is 96.5 cm³/mol. The summed E-state index contributed by atoms with van der Waals surface area (Å²) in [6.07, 6.45) is 2.07. The van der Waals surface area contributed by atoms with E-state index in [1.807, 2.05) is 11.3 Å². The first-order valence-corrected chi connectivity index (χ1v) is 9.63. The first-order chi connectivity index (χ1) is 10.6. The van der Waals surface area contributed by atoms with Crippen molar-refractivity contribution >= 4 is 22.7 Å². The van der Waals surface area contributed by atoms with Gasteiger partial charge in [-0.25, -0.2) is 0 Å². The van der Waals surface area contributed by atoms with E-state index >= 15 is 0 Å². The average Bonchev–Trinajstić information content (AvgIpc) is 3.19. The lowest BCUT2D eigenvalue weighted by atomic mass is 10.1. The fourth-order valence-electron chi connectivity index (χ4n) is 2.25. The Hall–Kier alpha value is -0.680. The van der Waals surface area contributed by atoms with Crippen LogP contribution in [0.5, 0.6) is 0 Å². The number of ether oxygens (including phenoxy) is 1. The average molecular weight is 339 g/mol. The molecule has 0 amide bonds. The van der Waals surface area contributed by atoms with Crippen LogP contribution < -0.4 is 0 Å². The third-order valence-corrected chi connectivity index (χ3v) is 6.66. The molecule has 0 radical (unpaired) electrons. The quantitative estimate of drug-likeness (QED) is 0.664. The summed E-state index contributed by atoms with van der Waals surface area (Å²) in [4.78, 5) is 5.47. The summed E-state index contributed by atoms with van der Waals surface area (Å²) in [5, 5.41) is 9.18. The molecule has 2 nitrogen and oxygen atoms in total. The van der Waals surface area contributed by atoms with Gasteiger partial charge in [-0.2, -0.15) is 0 Å². The highest BCUT2D eigenvalue weighted by Gasteiger charge is 2.10. The third-order valence-electron chi connectivity index (χ3n) is 3.82. The number of hydrogen-bond acceptors (Lipinski definition) is 4. The molecule has 2 atom stereocenters. The molecule has 0 spiro atoms. The van der Waals surface area contributed by atoms with Crippen molar-refractivity contribution in [2.24, 2.45) is 0 Å². The molecular formula is C18H26O2S2. The summed E-state index contributed by atoms with van der Waals surface area (Å²) in [6.45, 7) is 8.26. The molecule has 0 aliphatic carbocycles. The second-order valence-corrected chi connectivity index (χ2v) is 8.17. The molecule has 1 N–H and O–H groups in total. The zero-order valence-electron chi connectivity index (χ0n) is 13.7. The summed E-state index contributed by atoms with van der Waals surface area (Å²) in [5.41, 5.74) is 0. The number of aliphatic hydroxyl groups excluding tert-OH is 1. The Labute approximate surface area is 141 Å². The molecule has 4 heteroatoms. The van der Waals surface area contributed by atoms with Crippen LogP contribution in [0.3, 0.4) is 0 Å². The molecular weight excluding hydrogens is 312 g/mol. The number of thiophene rings is 2. The third kappa shape index (κ3) is 4.92. The fourth-order valence-corrected chi connectivity index (χ4v) is 4.27. The number of rotatable bonds is 9. The van der Waals surface area contributed by atoms with Crippen molar-refractivity contribution in [1.29, 1.82) is 0 Å². The minimum atomic E-state index is 0.217. The summed E-state index contributed by atoms with van der Waals surface area (Å²) in [5.74, 6) is 0.713. The van der Waals surface area contributed by atoms with Crippen LogP contribution in [0, 0.1) is 0 Å². The van der Waals surface area contributed by atoms with Crippen LogP contribution in [0.4, 0.5) is 0 Å². The molecule has 122 valence electrons. The standard InChI is InChI=1S/C18H26O2S2/c1-4-15-5-7-18(21-15)14(3)12-20-10-9-16-6-8-17(22-16)13(2)11-19/h5-8,13-14,19H,4,9-12H2,1-3H3. The van der Waals surface area contributed by atoms with Crippen molar-refractivity contribution in [2.75, 3.05) is 19.8 Å². The van der Waals surface area contributed by atoms with Gasteiger partial charge in [-0.05, 0) is 30.7 Å². The number of aliphatic hydroxyl groups is 1. The maximum atomic E-state index is 9.18. The molecule has 0 fully saturated rings. The molecule has 2 aromatic rings. The lowest BCUT2D eigenvalue weighted by Crippen LogP contribution is -2.05. The molecule has 0 aliphatic heterocycles. The molecule has 2 rings (SSSR count). The molecule has 2 unspecified atom stereocenters. The first kappa shape index (κ1) is 17.7. The van der Waals surface area contributed by atoms with Crippen molar-refractivity contribution in [1.82, 2.24) is 0 Å². The van der Waals surface area contributed by atoms with E-state index in [-0.39, 0.29) is 12.5 Å². The Morgan fingerprint density at radius 2 is 1.64 bits per heavy atom. The van der Waals surface area contributed by atoms with E-state index in [4.69, 9.17) is 4.74 Å². The fraction of sp³-hybridized carbons (Fsp3) is 0.556. The van der Waals surface area contributed by atoms with Gasteiger partial charge in [0.25, 0.3) is 0 Å². The molecule has 0 aromatic carbocycles. The van der Waals surface area contributed by atoms with Gasteiger partial charge in [-0.3, -0.25) is 0 Å². The van der Waals surface area contributed by atoms with Crippen molar-refractivity contribution < 1.29 is 9.84 Å². The molecule has 0 saturated heterocycles. The van der Waals surface area contributed by atoms with Gasteiger partial charge in [0, 0.05) is 37.8 Å². The normalized spacial score (nSPS) is 14.2. The van der Waals surface area contributed by atoms with Crippen LogP contribution in [0.15, 0.2) is 24.3 Å². The van der Waals surface area contributed by atoms with Gasteiger partial charge >= 0.3 is 0 Å². The van der Waals surface area contributed by atoms with Crippen LogP contribution in [-0.4, -0.2) is 24.9 Å². The summed E-state index contributed by atoms with van der Waals surface area (Å²) in [7, 11) is 0. The van der Waals surface area contributed by atoms with Crippen molar-refractivity contribution in [3.63, 3.8) is 0 Å². The molecule has 2 aromatic heterocycles. The Morgan fingerprint density at radius 3 is 2.27 bits per heavy atom. The first-order valence-electron chi connectivity index (χ1n) is 7.99. The lowest BCUT2D eigenvalue weighted by molar-refractivity contribution is 0.127. The summed E-state index contributed by atoms with van der Waals surface area (Å²) in [6, 6.07) is 8.75. The van der Waals surface area contributed by atoms with Crippen LogP contribution in [0.1, 0.15) is 52.1 Å². The SMILES string of the molecule is CCc1ccc(C(C)COCCc2ccc(C(C)CO)s2)s1. The predicted octanol–water partition coefficient (Wildman–Crippen LogP) is 4.83. The van der Waals surface area contributed by atoms with Crippen molar-refractivity contribution in [3.05, 3.63) is 43.8 Å². The maximum Gasteiger partial charge on any atom is 0.0540 e. The van der Waals surface area contributed by atoms with Gasteiger partial charge in [0.15, 0.2) is 0 Å². The van der Waals surface area contributed by atoms with Crippen LogP contribution in [0.2, 0.25) is 0 Å². The van der Waals surface area contributed by atoms with E-state index in [9.17, 15) is 5.11 Å². The molecule has 0 bridgehead atoms. The molecule has 2 heterocycles. The summed E-state index contributed by atoms with van der Waals surface area (Å²) < 4.78 is 5.86. The van der Waals surface area contributed by atoms with Gasteiger partial charge in [0.2, 0.25) is 0 Å². The lowest BCUT2D eigenvalue weighted by Gasteiger charge is -2.10. The topological polar surface area (TPSA) is 29.5 Å². The Morgan fingerprint density at radius 1 is 1.00 bits per heavy atom. The smallest absolute Gasteiger partial charge is 0.0540 e. The van der Waals surface area contributed by atoms with E-state index in [0.717, 1.165) is 26.1 Å². The summed E-state index contributed by atoms with van der Waals surface area (Å²) >= 11 is 3.69. The highest BCUT2D eigenvalue weighted by molar-refractivity contribution is 7.12. The van der Waals surface area contributed by atoms with E-state index in [0.29, 0.717) is 5.92 Å². The minimum absolute atomic E-state index is 0.217. The second kappa shape index (κ2) is 8.82. The highest BCUT2D eigenvalue weighted by Crippen LogP contribution is 2.26. The monoisotopic (exact) mass is 338 g/mol. The van der Waals surface area contributed by atoms with Gasteiger partial charge in [-0.1, -0.05) is 20.8 Å². The van der Waals surface area contributed by atoms with E-state index in [1.54, 1.807) is 11.3 Å². The van der Waals surface area contributed by atoms with Crippen molar-refractivity contribution in [3.8, 4) is 0 Å². The van der Waals surface area contributed by atoms with Crippen molar-refractivity contribution in [2.45, 2.75) is 45.4 Å². The van der Waals surface area contributed by atoms with Crippen LogP contribution >= 0.6 is 22.7 Å². The van der Waals surface area contributed by atoms with Gasteiger partial charge in [0.1, 0.15) is 0 Å². The van der Waals surface area contributed by atoms with E-state index < -0.39 is 0 Å². The Balaban J connectivity index is 1.71. The highest BCUT2D eigenvalue weighted by atomic mass is 32.1. The zero-order chi connectivity index (χ0) is 15.9. The minimum Gasteiger partial charge on any atom is -0.396 e.